The maximum atomic E-state index is 12.9. The molecule has 1 saturated heterocycles. The normalized spacial score (nSPS) is 16.0. The second kappa shape index (κ2) is 9.38. The summed E-state index contributed by atoms with van der Waals surface area (Å²) in [7, 11) is 1.67. The minimum Gasteiger partial charge on any atom is -0.497 e. The van der Waals surface area contributed by atoms with Crippen molar-refractivity contribution >= 4 is 35.0 Å². The van der Waals surface area contributed by atoms with E-state index in [0.29, 0.717) is 5.02 Å². The van der Waals surface area contributed by atoms with Gasteiger partial charge in [-0.25, -0.2) is 0 Å². The predicted molar refractivity (Wildman–Crippen MR) is 113 cm³/mol. The molecule has 0 spiro atoms. The van der Waals surface area contributed by atoms with E-state index in [1.807, 2.05) is 48.2 Å². The minimum absolute atomic E-state index is 0.112. The molecule has 1 amide bonds. The summed E-state index contributed by atoms with van der Waals surface area (Å²) in [4.78, 5) is 18.3. The Morgan fingerprint density at radius 3 is 2.41 bits per heavy atom. The van der Waals surface area contributed by atoms with Crippen LogP contribution in [0.4, 0.5) is 5.69 Å². The lowest BCUT2D eigenvalue weighted by Gasteiger charge is -2.25. The van der Waals surface area contributed by atoms with Gasteiger partial charge in [0.15, 0.2) is 0 Å². The highest BCUT2D eigenvalue weighted by Gasteiger charge is 2.24. The first-order chi connectivity index (χ1) is 13.1. The molecule has 0 aliphatic carbocycles. The smallest absolute Gasteiger partial charge is 0.235 e. The maximum absolute atomic E-state index is 12.9. The Labute approximate surface area is 170 Å². The molecule has 27 heavy (non-hydrogen) atoms. The molecule has 4 nitrogen and oxygen atoms in total. The number of ether oxygens (including phenoxy) is 1. The van der Waals surface area contributed by atoms with Crippen LogP contribution in [0.25, 0.3) is 0 Å². The quantitative estimate of drug-likeness (QED) is 0.683. The standard InChI is InChI=1S/C21H25ClN2O2S/c1-16(27-20-10-4-17(22)5-11-20)21(25)24-13-3-12-23(14-15-24)18-6-8-19(26-2)9-7-18/h4-11,16H,3,12-15H2,1-2H3. The van der Waals surface area contributed by atoms with Crippen molar-refractivity contribution < 1.29 is 9.53 Å². The lowest BCUT2D eigenvalue weighted by atomic mass is 10.2. The van der Waals surface area contributed by atoms with Crippen molar-refractivity contribution in [2.45, 2.75) is 23.5 Å². The number of benzene rings is 2. The van der Waals surface area contributed by atoms with E-state index < -0.39 is 0 Å². The van der Waals surface area contributed by atoms with Crippen molar-refractivity contribution in [3.8, 4) is 5.75 Å². The Balaban J connectivity index is 1.57. The van der Waals surface area contributed by atoms with E-state index in [0.717, 1.165) is 43.2 Å². The van der Waals surface area contributed by atoms with Gasteiger partial charge in [0.25, 0.3) is 0 Å². The molecule has 0 N–H and O–H groups in total. The number of methoxy groups -OCH3 is 1. The van der Waals surface area contributed by atoms with Crippen molar-refractivity contribution in [2.24, 2.45) is 0 Å². The molecular weight excluding hydrogens is 380 g/mol. The molecule has 2 aromatic rings. The van der Waals surface area contributed by atoms with Crippen LogP contribution in [-0.4, -0.2) is 49.3 Å². The fraction of sp³-hybridized carbons (Fsp3) is 0.381. The molecule has 3 rings (SSSR count). The third kappa shape index (κ3) is 5.33. The van der Waals surface area contributed by atoms with Gasteiger partial charge in [0.2, 0.25) is 5.91 Å². The molecule has 1 atom stereocenters. The summed E-state index contributed by atoms with van der Waals surface area (Å²) in [5, 5.41) is 0.600. The van der Waals surface area contributed by atoms with Crippen LogP contribution in [0, 0.1) is 0 Å². The molecule has 1 aliphatic heterocycles. The monoisotopic (exact) mass is 404 g/mol. The highest BCUT2D eigenvalue weighted by Crippen LogP contribution is 2.27. The van der Waals surface area contributed by atoms with Gasteiger partial charge in [-0.1, -0.05) is 11.6 Å². The summed E-state index contributed by atoms with van der Waals surface area (Å²) >= 11 is 7.52. The van der Waals surface area contributed by atoms with Gasteiger partial charge in [0, 0.05) is 41.8 Å². The van der Waals surface area contributed by atoms with E-state index in [4.69, 9.17) is 16.3 Å². The summed E-state index contributed by atoms with van der Waals surface area (Å²) < 4.78 is 5.23. The van der Waals surface area contributed by atoms with E-state index in [-0.39, 0.29) is 11.2 Å². The van der Waals surface area contributed by atoms with Crippen LogP contribution in [0.5, 0.6) is 5.75 Å². The van der Waals surface area contributed by atoms with Crippen molar-refractivity contribution in [2.75, 3.05) is 38.2 Å². The Morgan fingerprint density at radius 1 is 1.04 bits per heavy atom. The second-order valence-electron chi connectivity index (χ2n) is 6.58. The lowest BCUT2D eigenvalue weighted by Crippen LogP contribution is -2.39. The average molecular weight is 405 g/mol. The number of thioether (sulfide) groups is 1. The number of carbonyl (C=O) groups is 1. The number of carbonyl (C=O) groups excluding carboxylic acids is 1. The first kappa shape index (κ1) is 19.9. The number of nitrogens with zero attached hydrogens (tertiary/aromatic N) is 2. The molecule has 6 heteroatoms. The van der Waals surface area contributed by atoms with E-state index in [2.05, 4.69) is 17.0 Å². The molecule has 144 valence electrons. The van der Waals surface area contributed by atoms with Crippen molar-refractivity contribution in [3.05, 3.63) is 53.6 Å². The summed E-state index contributed by atoms with van der Waals surface area (Å²) in [6.07, 6.45) is 0.968. The molecule has 1 aliphatic rings. The molecule has 0 bridgehead atoms. The first-order valence-corrected chi connectivity index (χ1v) is 10.4. The number of hydrogen-bond acceptors (Lipinski definition) is 4. The highest BCUT2D eigenvalue weighted by atomic mass is 35.5. The lowest BCUT2D eigenvalue weighted by molar-refractivity contribution is -0.130. The van der Waals surface area contributed by atoms with Crippen molar-refractivity contribution in [1.29, 1.82) is 0 Å². The Kier molecular flexibility index (Phi) is 6.91. The second-order valence-corrected chi connectivity index (χ2v) is 8.43. The maximum Gasteiger partial charge on any atom is 0.235 e. The third-order valence-corrected chi connectivity index (χ3v) is 6.07. The highest BCUT2D eigenvalue weighted by molar-refractivity contribution is 8.00. The molecule has 1 fully saturated rings. The van der Waals surface area contributed by atoms with Crippen LogP contribution in [0.15, 0.2) is 53.4 Å². The van der Waals surface area contributed by atoms with Gasteiger partial charge >= 0.3 is 0 Å². The number of amides is 1. The van der Waals surface area contributed by atoms with Gasteiger partial charge in [-0.2, -0.15) is 0 Å². The molecule has 1 heterocycles. The molecule has 0 aromatic heterocycles. The van der Waals surface area contributed by atoms with Crippen LogP contribution in [0.3, 0.4) is 0 Å². The van der Waals surface area contributed by atoms with Crippen LogP contribution in [0.2, 0.25) is 5.02 Å². The minimum atomic E-state index is -0.112. The van der Waals surface area contributed by atoms with Crippen molar-refractivity contribution in [1.82, 2.24) is 4.90 Å². The number of halogens is 1. The number of rotatable bonds is 5. The van der Waals surface area contributed by atoms with Crippen LogP contribution < -0.4 is 9.64 Å². The van der Waals surface area contributed by atoms with E-state index in [1.54, 1.807) is 18.9 Å². The topological polar surface area (TPSA) is 32.8 Å². The van der Waals surface area contributed by atoms with Gasteiger partial charge in [0.05, 0.1) is 12.4 Å². The summed E-state index contributed by atoms with van der Waals surface area (Å²) in [6, 6.07) is 15.8. The van der Waals surface area contributed by atoms with Crippen molar-refractivity contribution in [3.63, 3.8) is 0 Å². The number of anilines is 1. The fourth-order valence-electron chi connectivity index (χ4n) is 3.21. The Hall–Kier alpha value is -1.85. The average Bonchev–Trinajstić information content (AvgIpc) is 2.95. The Bertz CT molecular complexity index is 752. The predicted octanol–water partition coefficient (Wildman–Crippen LogP) is 4.57. The SMILES string of the molecule is COc1ccc(N2CCCN(C(=O)C(C)Sc3ccc(Cl)cc3)CC2)cc1. The molecular formula is C21H25ClN2O2S. The van der Waals surface area contributed by atoms with Gasteiger partial charge in [0.1, 0.15) is 5.75 Å². The van der Waals surface area contributed by atoms with Gasteiger partial charge < -0.3 is 14.5 Å². The van der Waals surface area contributed by atoms with Gasteiger partial charge in [-0.15, -0.1) is 11.8 Å². The van der Waals surface area contributed by atoms with E-state index in [9.17, 15) is 4.79 Å². The summed E-state index contributed by atoms with van der Waals surface area (Å²) in [6.45, 7) is 5.33. The van der Waals surface area contributed by atoms with Crippen LogP contribution in [-0.2, 0) is 4.79 Å². The third-order valence-electron chi connectivity index (χ3n) is 4.72. The zero-order valence-corrected chi connectivity index (χ0v) is 17.3. The Morgan fingerprint density at radius 2 is 1.74 bits per heavy atom. The molecule has 1 unspecified atom stereocenters. The van der Waals surface area contributed by atoms with Crippen LogP contribution in [0.1, 0.15) is 13.3 Å². The number of hydrogen-bond donors (Lipinski definition) is 0. The zero-order chi connectivity index (χ0) is 19.2. The largest absolute Gasteiger partial charge is 0.497 e. The summed E-state index contributed by atoms with van der Waals surface area (Å²) in [5.41, 5.74) is 1.17. The molecule has 0 saturated carbocycles. The van der Waals surface area contributed by atoms with E-state index in [1.165, 1.54) is 5.69 Å². The van der Waals surface area contributed by atoms with Gasteiger partial charge in [-0.3, -0.25) is 4.79 Å². The van der Waals surface area contributed by atoms with Gasteiger partial charge in [-0.05, 0) is 61.9 Å². The molecule has 0 radical (unpaired) electrons. The molecule has 2 aromatic carbocycles. The summed E-state index contributed by atoms with van der Waals surface area (Å²) in [5.74, 6) is 1.06. The fourth-order valence-corrected chi connectivity index (χ4v) is 4.29. The zero-order valence-electron chi connectivity index (χ0n) is 15.7. The van der Waals surface area contributed by atoms with E-state index >= 15 is 0 Å². The van der Waals surface area contributed by atoms with Crippen LogP contribution >= 0.6 is 23.4 Å². The first-order valence-electron chi connectivity index (χ1n) is 9.17.